The Kier molecular flexibility index (Phi) is 4.76. The lowest BCUT2D eigenvalue weighted by molar-refractivity contribution is 0.355. The van der Waals surface area contributed by atoms with E-state index in [0.29, 0.717) is 35.0 Å². The molecule has 4 rings (SSSR count). The van der Waals surface area contributed by atoms with Gasteiger partial charge >= 0.3 is 0 Å². The molecule has 2 aromatic heterocycles. The van der Waals surface area contributed by atoms with Crippen LogP contribution in [0.4, 0.5) is 0 Å². The van der Waals surface area contributed by atoms with Gasteiger partial charge < -0.3 is 18.4 Å². The molecule has 0 bridgehead atoms. The lowest BCUT2D eigenvalue weighted by Crippen LogP contribution is -1.90. The van der Waals surface area contributed by atoms with E-state index in [0.717, 1.165) is 16.7 Å². The smallest absolute Gasteiger partial charge is 0.247 e. The second kappa shape index (κ2) is 7.51. The van der Waals surface area contributed by atoms with Crippen LogP contribution in [-0.2, 0) is 6.42 Å². The second-order valence-electron chi connectivity index (χ2n) is 6.13. The van der Waals surface area contributed by atoms with E-state index in [9.17, 15) is 0 Å². The van der Waals surface area contributed by atoms with Gasteiger partial charge in [0.15, 0.2) is 11.5 Å². The van der Waals surface area contributed by atoms with E-state index in [4.69, 9.17) is 18.4 Å². The van der Waals surface area contributed by atoms with Crippen molar-refractivity contribution in [3.05, 3.63) is 59.8 Å². The van der Waals surface area contributed by atoms with Crippen molar-refractivity contribution in [2.75, 3.05) is 14.2 Å². The van der Waals surface area contributed by atoms with Gasteiger partial charge in [0.05, 0.1) is 14.2 Å². The van der Waals surface area contributed by atoms with Crippen LogP contribution in [0, 0.1) is 6.92 Å². The van der Waals surface area contributed by atoms with E-state index in [1.54, 1.807) is 26.4 Å². The normalized spacial score (nSPS) is 10.8. The summed E-state index contributed by atoms with van der Waals surface area (Å²) in [5.41, 5.74) is 2.74. The SMILES string of the molecule is COc1ccc(-c2nnc(Cc3nc(-c4cccc(C)c4)no3)o2)cc1OC. The maximum Gasteiger partial charge on any atom is 0.247 e. The highest BCUT2D eigenvalue weighted by Crippen LogP contribution is 2.31. The van der Waals surface area contributed by atoms with Crippen LogP contribution in [-0.4, -0.2) is 34.6 Å². The Bertz CT molecular complexity index is 1100. The van der Waals surface area contributed by atoms with Crippen molar-refractivity contribution in [2.24, 2.45) is 0 Å². The Labute approximate surface area is 161 Å². The number of ether oxygens (including phenoxy) is 2. The summed E-state index contributed by atoms with van der Waals surface area (Å²) >= 11 is 0. The monoisotopic (exact) mass is 378 g/mol. The molecule has 0 amide bonds. The number of hydrogen-bond acceptors (Lipinski definition) is 8. The van der Waals surface area contributed by atoms with Crippen LogP contribution < -0.4 is 9.47 Å². The topological polar surface area (TPSA) is 96.3 Å². The number of benzene rings is 2. The van der Waals surface area contributed by atoms with Gasteiger partial charge in [0, 0.05) is 11.1 Å². The number of nitrogens with zero attached hydrogens (tertiary/aromatic N) is 4. The summed E-state index contributed by atoms with van der Waals surface area (Å²) in [6.45, 7) is 2.01. The molecule has 142 valence electrons. The highest BCUT2D eigenvalue weighted by Gasteiger charge is 2.16. The highest BCUT2D eigenvalue weighted by atomic mass is 16.5. The van der Waals surface area contributed by atoms with Crippen molar-refractivity contribution in [2.45, 2.75) is 13.3 Å². The Morgan fingerprint density at radius 2 is 1.75 bits per heavy atom. The number of methoxy groups -OCH3 is 2. The Morgan fingerprint density at radius 1 is 0.893 bits per heavy atom. The van der Waals surface area contributed by atoms with Crippen LogP contribution in [0.1, 0.15) is 17.3 Å². The minimum atomic E-state index is 0.249. The van der Waals surface area contributed by atoms with Crippen molar-refractivity contribution in [1.82, 2.24) is 20.3 Å². The fourth-order valence-corrected chi connectivity index (χ4v) is 2.77. The first-order chi connectivity index (χ1) is 13.7. The van der Waals surface area contributed by atoms with Crippen LogP contribution in [0.5, 0.6) is 11.5 Å². The summed E-state index contributed by atoms with van der Waals surface area (Å²) in [5.74, 6) is 2.89. The van der Waals surface area contributed by atoms with Crippen molar-refractivity contribution in [1.29, 1.82) is 0 Å². The van der Waals surface area contributed by atoms with Crippen molar-refractivity contribution < 1.29 is 18.4 Å². The van der Waals surface area contributed by atoms with E-state index in [1.807, 2.05) is 37.3 Å². The van der Waals surface area contributed by atoms with E-state index in [-0.39, 0.29) is 6.42 Å². The molecule has 4 aromatic rings. The van der Waals surface area contributed by atoms with E-state index in [2.05, 4.69) is 20.3 Å². The third kappa shape index (κ3) is 3.57. The first-order valence-electron chi connectivity index (χ1n) is 8.60. The van der Waals surface area contributed by atoms with E-state index >= 15 is 0 Å². The second-order valence-corrected chi connectivity index (χ2v) is 6.13. The molecule has 0 fully saturated rings. The number of aromatic nitrogens is 4. The Morgan fingerprint density at radius 3 is 2.54 bits per heavy atom. The van der Waals surface area contributed by atoms with Crippen LogP contribution in [0.15, 0.2) is 51.4 Å². The average molecular weight is 378 g/mol. The summed E-state index contributed by atoms with van der Waals surface area (Å²) in [6, 6.07) is 13.3. The fraction of sp³-hybridized carbons (Fsp3) is 0.200. The third-order valence-corrected chi connectivity index (χ3v) is 4.14. The van der Waals surface area contributed by atoms with Crippen LogP contribution in [0.3, 0.4) is 0 Å². The molecule has 28 heavy (non-hydrogen) atoms. The molecule has 0 N–H and O–H groups in total. The molecule has 0 aliphatic heterocycles. The maximum atomic E-state index is 5.73. The zero-order valence-corrected chi connectivity index (χ0v) is 15.7. The van der Waals surface area contributed by atoms with Gasteiger partial charge in [-0.05, 0) is 31.2 Å². The average Bonchev–Trinajstić information content (AvgIpc) is 3.37. The number of aryl methyl sites for hydroxylation is 1. The molecule has 0 spiro atoms. The first-order valence-corrected chi connectivity index (χ1v) is 8.60. The van der Waals surface area contributed by atoms with Gasteiger partial charge in [0.1, 0.15) is 6.42 Å². The molecule has 0 aliphatic rings. The Hall–Kier alpha value is -3.68. The van der Waals surface area contributed by atoms with Gasteiger partial charge in [-0.1, -0.05) is 28.9 Å². The summed E-state index contributed by atoms with van der Waals surface area (Å²) in [4.78, 5) is 4.41. The molecule has 0 saturated carbocycles. The predicted octanol–water partition coefficient (Wildman–Crippen LogP) is 3.70. The highest BCUT2D eigenvalue weighted by molar-refractivity contribution is 5.59. The fourth-order valence-electron chi connectivity index (χ4n) is 2.77. The molecule has 0 atom stereocenters. The molecule has 0 radical (unpaired) electrons. The molecule has 8 heteroatoms. The number of rotatable bonds is 6. The van der Waals surface area contributed by atoms with Gasteiger partial charge in [0.25, 0.3) is 0 Å². The summed E-state index contributed by atoms with van der Waals surface area (Å²) < 4.78 is 21.6. The zero-order valence-electron chi connectivity index (χ0n) is 15.7. The number of hydrogen-bond donors (Lipinski definition) is 0. The minimum Gasteiger partial charge on any atom is -0.493 e. The van der Waals surface area contributed by atoms with E-state index < -0.39 is 0 Å². The molecule has 0 saturated heterocycles. The molecule has 2 aromatic carbocycles. The third-order valence-electron chi connectivity index (χ3n) is 4.14. The Balaban J connectivity index is 1.53. The van der Waals surface area contributed by atoms with Crippen LogP contribution >= 0.6 is 0 Å². The molecular formula is C20H18N4O4. The zero-order chi connectivity index (χ0) is 19.5. The molecule has 0 aliphatic carbocycles. The molecule has 0 unspecified atom stereocenters. The maximum absolute atomic E-state index is 5.73. The van der Waals surface area contributed by atoms with E-state index in [1.165, 1.54) is 0 Å². The summed E-state index contributed by atoms with van der Waals surface area (Å²) in [7, 11) is 3.15. The van der Waals surface area contributed by atoms with Crippen LogP contribution in [0.2, 0.25) is 0 Å². The van der Waals surface area contributed by atoms with Gasteiger partial charge in [-0.3, -0.25) is 0 Å². The van der Waals surface area contributed by atoms with Crippen molar-refractivity contribution in [3.63, 3.8) is 0 Å². The van der Waals surface area contributed by atoms with Gasteiger partial charge in [-0.25, -0.2) is 0 Å². The largest absolute Gasteiger partial charge is 0.493 e. The van der Waals surface area contributed by atoms with Gasteiger partial charge in [-0.15, -0.1) is 10.2 Å². The van der Waals surface area contributed by atoms with Crippen LogP contribution in [0.25, 0.3) is 22.8 Å². The quantitative estimate of drug-likeness (QED) is 0.501. The minimum absolute atomic E-state index is 0.249. The lowest BCUT2D eigenvalue weighted by atomic mass is 10.1. The van der Waals surface area contributed by atoms with Crippen molar-refractivity contribution in [3.8, 4) is 34.3 Å². The molecular weight excluding hydrogens is 360 g/mol. The lowest BCUT2D eigenvalue weighted by Gasteiger charge is -2.07. The standard InChI is InChI=1S/C20H18N4O4/c1-12-5-4-6-13(9-12)19-21-17(28-24-19)11-18-22-23-20(27-18)14-7-8-15(25-2)16(10-14)26-3/h4-10H,11H2,1-3H3. The summed E-state index contributed by atoms with van der Waals surface area (Å²) in [5, 5.41) is 12.2. The summed E-state index contributed by atoms with van der Waals surface area (Å²) in [6.07, 6.45) is 0.249. The van der Waals surface area contributed by atoms with Gasteiger partial charge in [-0.2, -0.15) is 4.98 Å². The van der Waals surface area contributed by atoms with Gasteiger partial charge in [0.2, 0.25) is 23.5 Å². The molecule has 2 heterocycles. The molecule has 8 nitrogen and oxygen atoms in total. The predicted molar refractivity (Wildman–Crippen MR) is 100 cm³/mol. The van der Waals surface area contributed by atoms with Crippen molar-refractivity contribution >= 4 is 0 Å². The first kappa shape index (κ1) is 17.7.